The van der Waals surface area contributed by atoms with Crippen molar-refractivity contribution >= 4 is 15.9 Å². The van der Waals surface area contributed by atoms with E-state index < -0.39 is 10.0 Å². The molecule has 6 nitrogen and oxygen atoms in total. The van der Waals surface area contributed by atoms with Crippen LogP contribution in [0.1, 0.15) is 35.3 Å². The lowest BCUT2D eigenvalue weighted by Crippen LogP contribution is -2.50. The van der Waals surface area contributed by atoms with Gasteiger partial charge in [0.25, 0.3) is 5.91 Å². The van der Waals surface area contributed by atoms with Crippen molar-refractivity contribution in [3.05, 3.63) is 65.2 Å². The van der Waals surface area contributed by atoms with E-state index in [0.29, 0.717) is 24.7 Å². The molecule has 0 unspecified atom stereocenters. The number of amides is 1. The van der Waals surface area contributed by atoms with Crippen LogP contribution < -0.4 is 4.72 Å². The molecule has 0 atom stereocenters. The molecule has 1 aliphatic rings. The molecule has 1 saturated heterocycles. The predicted molar refractivity (Wildman–Crippen MR) is 114 cm³/mol. The van der Waals surface area contributed by atoms with Gasteiger partial charge in [0.1, 0.15) is 0 Å². The van der Waals surface area contributed by atoms with Gasteiger partial charge in [0, 0.05) is 44.3 Å². The van der Waals surface area contributed by atoms with Gasteiger partial charge in [0.05, 0.1) is 4.90 Å². The van der Waals surface area contributed by atoms with Gasteiger partial charge in [0.2, 0.25) is 10.0 Å². The van der Waals surface area contributed by atoms with E-state index in [0.717, 1.165) is 24.2 Å². The number of piperazine rings is 1. The van der Waals surface area contributed by atoms with E-state index in [1.807, 2.05) is 42.2 Å². The highest BCUT2D eigenvalue weighted by Crippen LogP contribution is 2.19. The Morgan fingerprint density at radius 2 is 1.69 bits per heavy atom. The van der Waals surface area contributed by atoms with Gasteiger partial charge in [-0.15, -0.1) is 0 Å². The van der Waals surface area contributed by atoms with Gasteiger partial charge in [-0.25, -0.2) is 13.1 Å². The Hall–Kier alpha value is -2.22. The topological polar surface area (TPSA) is 69.7 Å². The quantitative estimate of drug-likeness (QED) is 0.788. The van der Waals surface area contributed by atoms with Crippen LogP contribution in [-0.4, -0.2) is 56.3 Å². The number of carbonyl (C=O) groups is 1. The summed E-state index contributed by atoms with van der Waals surface area (Å²) in [5, 5.41) is 0. The molecule has 0 aromatic heterocycles. The third kappa shape index (κ3) is 5.23. The van der Waals surface area contributed by atoms with Crippen LogP contribution in [0.15, 0.2) is 53.4 Å². The molecule has 1 aliphatic heterocycles. The van der Waals surface area contributed by atoms with Crippen LogP contribution in [0.4, 0.5) is 0 Å². The number of benzene rings is 2. The molecule has 1 fully saturated rings. The number of sulfonamides is 1. The normalized spacial score (nSPS) is 15.7. The zero-order chi connectivity index (χ0) is 21.0. The second kappa shape index (κ2) is 9.07. The molecule has 3 rings (SSSR count). The van der Waals surface area contributed by atoms with Crippen molar-refractivity contribution < 1.29 is 13.2 Å². The van der Waals surface area contributed by atoms with E-state index in [-0.39, 0.29) is 17.3 Å². The molecule has 0 aliphatic carbocycles. The van der Waals surface area contributed by atoms with Gasteiger partial charge in [-0.2, -0.15) is 0 Å². The number of nitrogens with zero attached hydrogens (tertiary/aromatic N) is 2. The van der Waals surface area contributed by atoms with Gasteiger partial charge < -0.3 is 4.90 Å². The summed E-state index contributed by atoms with van der Waals surface area (Å²) in [5.41, 5.74) is 2.11. The van der Waals surface area contributed by atoms with Crippen molar-refractivity contribution in [2.24, 2.45) is 0 Å². The Bertz CT molecular complexity index is 951. The van der Waals surface area contributed by atoms with Crippen molar-refractivity contribution in [2.45, 2.75) is 38.3 Å². The summed E-state index contributed by atoms with van der Waals surface area (Å²) in [5.74, 6) is -0.106. The molecule has 0 saturated carbocycles. The summed E-state index contributed by atoms with van der Waals surface area (Å²) >= 11 is 0. The molecule has 1 amide bonds. The van der Waals surface area contributed by atoms with E-state index in [1.165, 1.54) is 6.07 Å². The molecule has 7 heteroatoms. The Balaban J connectivity index is 1.74. The monoisotopic (exact) mass is 415 g/mol. The zero-order valence-electron chi connectivity index (χ0n) is 17.3. The maximum Gasteiger partial charge on any atom is 0.254 e. The first-order chi connectivity index (χ1) is 13.8. The second-order valence-electron chi connectivity index (χ2n) is 7.71. The molecular weight excluding hydrogens is 386 g/mol. The fourth-order valence-electron chi connectivity index (χ4n) is 3.47. The molecule has 0 bridgehead atoms. The highest BCUT2D eigenvalue weighted by atomic mass is 32.2. The van der Waals surface area contributed by atoms with E-state index in [4.69, 9.17) is 0 Å². The Morgan fingerprint density at radius 3 is 2.31 bits per heavy atom. The Labute approximate surface area is 173 Å². The zero-order valence-corrected chi connectivity index (χ0v) is 18.1. The standard InChI is InChI=1S/C22H29N3O3S/c1-17(2)24-11-13-25(14-12-24)22(26)21-15-20(10-9-18(21)3)29(27,28)23-16-19-7-5-4-6-8-19/h4-10,15,17,23H,11-14,16H2,1-3H3. The van der Waals surface area contributed by atoms with Gasteiger partial charge in [0.15, 0.2) is 0 Å². The first kappa shape index (κ1) is 21.5. The van der Waals surface area contributed by atoms with E-state index in [1.54, 1.807) is 12.1 Å². The molecule has 156 valence electrons. The molecule has 2 aromatic rings. The van der Waals surface area contributed by atoms with E-state index in [9.17, 15) is 13.2 Å². The minimum atomic E-state index is -3.71. The molecule has 2 aromatic carbocycles. The van der Waals surface area contributed by atoms with Crippen LogP contribution in [0, 0.1) is 6.92 Å². The largest absolute Gasteiger partial charge is 0.336 e. The lowest BCUT2D eigenvalue weighted by Gasteiger charge is -2.37. The number of hydrogen-bond acceptors (Lipinski definition) is 4. The summed E-state index contributed by atoms with van der Waals surface area (Å²) in [6, 6.07) is 14.6. The first-order valence-electron chi connectivity index (χ1n) is 9.95. The number of aryl methyl sites for hydroxylation is 1. The molecule has 29 heavy (non-hydrogen) atoms. The van der Waals surface area contributed by atoms with Gasteiger partial charge in [-0.05, 0) is 44.0 Å². The van der Waals surface area contributed by atoms with E-state index in [2.05, 4.69) is 23.5 Å². The number of carbonyl (C=O) groups excluding carboxylic acids is 1. The van der Waals surface area contributed by atoms with Gasteiger partial charge in [-0.1, -0.05) is 36.4 Å². The molecule has 1 N–H and O–H groups in total. The summed E-state index contributed by atoms with van der Waals surface area (Å²) in [4.78, 5) is 17.3. The average Bonchev–Trinajstić information content (AvgIpc) is 2.73. The third-order valence-corrected chi connectivity index (χ3v) is 6.79. The van der Waals surface area contributed by atoms with Crippen molar-refractivity contribution in [1.29, 1.82) is 0 Å². The van der Waals surface area contributed by atoms with Crippen LogP contribution in [0.3, 0.4) is 0 Å². The fourth-order valence-corrected chi connectivity index (χ4v) is 4.51. The minimum absolute atomic E-state index is 0.106. The maximum atomic E-state index is 13.0. The minimum Gasteiger partial charge on any atom is -0.336 e. The summed E-state index contributed by atoms with van der Waals surface area (Å²) < 4.78 is 28.1. The molecule has 0 spiro atoms. The van der Waals surface area contributed by atoms with Crippen molar-refractivity contribution in [1.82, 2.24) is 14.5 Å². The maximum absolute atomic E-state index is 13.0. The Kier molecular flexibility index (Phi) is 6.72. The summed E-state index contributed by atoms with van der Waals surface area (Å²) in [6.45, 7) is 9.32. The summed E-state index contributed by atoms with van der Waals surface area (Å²) in [7, 11) is -3.71. The lowest BCUT2D eigenvalue weighted by molar-refractivity contribution is 0.0594. The van der Waals surface area contributed by atoms with Crippen LogP contribution in [-0.2, 0) is 16.6 Å². The predicted octanol–water partition coefficient (Wildman–Crippen LogP) is 2.64. The molecule has 1 heterocycles. The smallest absolute Gasteiger partial charge is 0.254 e. The third-order valence-electron chi connectivity index (χ3n) is 5.39. The number of hydrogen-bond donors (Lipinski definition) is 1. The number of rotatable bonds is 6. The highest BCUT2D eigenvalue weighted by molar-refractivity contribution is 7.89. The van der Waals surface area contributed by atoms with Crippen molar-refractivity contribution in [3.63, 3.8) is 0 Å². The second-order valence-corrected chi connectivity index (χ2v) is 9.48. The highest BCUT2D eigenvalue weighted by Gasteiger charge is 2.25. The number of nitrogens with one attached hydrogen (secondary N) is 1. The molecule has 0 radical (unpaired) electrons. The van der Waals surface area contributed by atoms with Crippen LogP contribution in [0.2, 0.25) is 0 Å². The summed E-state index contributed by atoms with van der Waals surface area (Å²) in [6.07, 6.45) is 0. The van der Waals surface area contributed by atoms with E-state index >= 15 is 0 Å². The fraction of sp³-hybridized carbons (Fsp3) is 0.409. The van der Waals surface area contributed by atoms with Crippen LogP contribution >= 0.6 is 0 Å². The van der Waals surface area contributed by atoms with Gasteiger partial charge in [-0.3, -0.25) is 9.69 Å². The SMILES string of the molecule is Cc1ccc(S(=O)(=O)NCc2ccccc2)cc1C(=O)N1CCN(C(C)C)CC1. The Morgan fingerprint density at radius 1 is 1.03 bits per heavy atom. The first-order valence-corrected chi connectivity index (χ1v) is 11.4. The van der Waals surface area contributed by atoms with Crippen LogP contribution in [0.25, 0.3) is 0 Å². The van der Waals surface area contributed by atoms with Crippen molar-refractivity contribution in [2.75, 3.05) is 26.2 Å². The van der Waals surface area contributed by atoms with Crippen molar-refractivity contribution in [3.8, 4) is 0 Å². The van der Waals surface area contributed by atoms with Crippen LogP contribution in [0.5, 0.6) is 0 Å². The molecular formula is C22H29N3O3S. The van der Waals surface area contributed by atoms with Gasteiger partial charge >= 0.3 is 0 Å². The lowest BCUT2D eigenvalue weighted by atomic mass is 10.1. The average molecular weight is 416 g/mol.